The van der Waals surface area contributed by atoms with Gasteiger partial charge in [-0.05, 0) is 42.3 Å². The Morgan fingerprint density at radius 1 is 1.18 bits per heavy atom. The van der Waals surface area contributed by atoms with Crippen LogP contribution in [0.15, 0.2) is 66.0 Å². The highest BCUT2D eigenvalue weighted by atomic mass is 32.2. The Morgan fingerprint density at radius 2 is 1.86 bits per heavy atom. The van der Waals surface area contributed by atoms with Crippen LogP contribution in [-0.4, -0.2) is 26.7 Å². The molecular weight excluding hydrogens is 379 g/mol. The first kappa shape index (κ1) is 19.6. The molecule has 28 heavy (non-hydrogen) atoms. The molecule has 0 fully saturated rings. The molecule has 6 nitrogen and oxygen atoms in total. The number of hydrogen-bond donors (Lipinski definition) is 2. The predicted octanol–water partition coefficient (Wildman–Crippen LogP) is 3.41. The highest BCUT2D eigenvalue weighted by Gasteiger charge is 2.20. The van der Waals surface area contributed by atoms with Crippen molar-refractivity contribution in [3.05, 3.63) is 72.2 Å². The lowest BCUT2D eigenvalue weighted by atomic mass is 10.1. The van der Waals surface area contributed by atoms with Crippen LogP contribution in [0.5, 0.6) is 0 Å². The number of imidazole rings is 1. The lowest BCUT2D eigenvalue weighted by Gasteiger charge is -2.14. The van der Waals surface area contributed by atoms with E-state index >= 15 is 0 Å². The number of rotatable bonds is 6. The molecule has 0 aliphatic carbocycles. The van der Waals surface area contributed by atoms with Crippen LogP contribution in [0, 0.1) is 5.82 Å². The highest BCUT2D eigenvalue weighted by molar-refractivity contribution is 8.00. The summed E-state index contributed by atoms with van der Waals surface area (Å²) in [6.07, 6.45) is 1.69. The van der Waals surface area contributed by atoms with Gasteiger partial charge >= 0.3 is 6.03 Å². The van der Waals surface area contributed by atoms with Crippen LogP contribution in [0.3, 0.4) is 0 Å². The molecular formula is C20H19FN4O2S. The van der Waals surface area contributed by atoms with Gasteiger partial charge < -0.3 is 10.3 Å². The number of imide groups is 1. The number of halogens is 1. The summed E-state index contributed by atoms with van der Waals surface area (Å²) >= 11 is 1.22. The van der Waals surface area contributed by atoms with Crippen LogP contribution in [0.1, 0.15) is 12.5 Å². The normalized spacial score (nSPS) is 11.8. The number of thioether (sulfide) groups is 1. The number of nitrogens with two attached hydrogens (primary N) is 1. The van der Waals surface area contributed by atoms with Gasteiger partial charge in [0.25, 0.3) is 0 Å². The minimum Gasteiger partial charge on any atom is -0.351 e. The number of hydrogen-bond acceptors (Lipinski definition) is 4. The highest BCUT2D eigenvalue weighted by Crippen LogP contribution is 2.29. The predicted molar refractivity (Wildman–Crippen MR) is 106 cm³/mol. The molecule has 3 rings (SSSR count). The zero-order valence-electron chi connectivity index (χ0n) is 15.1. The fourth-order valence-corrected chi connectivity index (χ4v) is 3.54. The molecule has 0 spiro atoms. The van der Waals surface area contributed by atoms with E-state index < -0.39 is 17.2 Å². The van der Waals surface area contributed by atoms with Crippen molar-refractivity contribution >= 4 is 23.7 Å². The molecule has 8 heteroatoms. The van der Waals surface area contributed by atoms with Crippen LogP contribution < -0.4 is 11.1 Å². The first-order chi connectivity index (χ1) is 13.4. The van der Waals surface area contributed by atoms with E-state index in [2.05, 4.69) is 10.3 Å². The molecule has 0 saturated heterocycles. The van der Waals surface area contributed by atoms with Crippen molar-refractivity contribution in [3.63, 3.8) is 0 Å². The second kappa shape index (κ2) is 8.71. The lowest BCUT2D eigenvalue weighted by molar-refractivity contribution is -0.119. The Hall–Kier alpha value is -3.13. The minimum absolute atomic E-state index is 0.316. The van der Waals surface area contributed by atoms with Crippen LogP contribution in [0.25, 0.3) is 11.3 Å². The van der Waals surface area contributed by atoms with Crippen molar-refractivity contribution in [2.75, 3.05) is 0 Å². The zero-order valence-corrected chi connectivity index (χ0v) is 15.9. The van der Waals surface area contributed by atoms with Gasteiger partial charge in [-0.1, -0.05) is 42.1 Å². The summed E-state index contributed by atoms with van der Waals surface area (Å²) in [4.78, 5) is 27.4. The summed E-state index contributed by atoms with van der Waals surface area (Å²) in [6, 6.07) is 15.1. The van der Waals surface area contributed by atoms with Crippen LogP contribution in [-0.2, 0) is 11.3 Å². The fraction of sp³-hybridized carbons (Fsp3) is 0.150. The topological polar surface area (TPSA) is 90.0 Å². The first-order valence-electron chi connectivity index (χ1n) is 8.56. The van der Waals surface area contributed by atoms with Gasteiger partial charge in [-0.15, -0.1) is 0 Å². The van der Waals surface area contributed by atoms with Gasteiger partial charge in [-0.25, -0.2) is 14.2 Å². The van der Waals surface area contributed by atoms with E-state index in [1.165, 1.54) is 23.9 Å². The van der Waals surface area contributed by atoms with Crippen molar-refractivity contribution in [1.82, 2.24) is 14.9 Å². The molecule has 1 heterocycles. The number of amides is 3. The third-order valence-corrected chi connectivity index (χ3v) is 5.14. The van der Waals surface area contributed by atoms with Crippen molar-refractivity contribution in [2.45, 2.75) is 23.9 Å². The maximum atomic E-state index is 13.3. The number of nitrogens with one attached hydrogen (secondary N) is 1. The van der Waals surface area contributed by atoms with Gasteiger partial charge in [0.15, 0.2) is 5.16 Å². The molecule has 0 aliphatic heterocycles. The van der Waals surface area contributed by atoms with E-state index in [0.29, 0.717) is 11.7 Å². The van der Waals surface area contributed by atoms with Crippen LogP contribution in [0.2, 0.25) is 0 Å². The Bertz CT molecular complexity index is 974. The van der Waals surface area contributed by atoms with Gasteiger partial charge in [0.2, 0.25) is 5.91 Å². The van der Waals surface area contributed by atoms with Gasteiger partial charge in [-0.3, -0.25) is 10.1 Å². The van der Waals surface area contributed by atoms with Gasteiger partial charge in [-0.2, -0.15) is 0 Å². The van der Waals surface area contributed by atoms with E-state index in [-0.39, 0.29) is 5.82 Å². The van der Waals surface area contributed by atoms with Crippen molar-refractivity contribution in [3.8, 4) is 11.3 Å². The molecule has 3 amide bonds. The maximum absolute atomic E-state index is 13.3. The molecule has 1 aromatic heterocycles. The number of carbonyl (C=O) groups excluding carboxylic acids is 2. The van der Waals surface area contributed by atoms with E-state index in [4.69, 9.17) is 5.73 Å². The summed E-state index contributed by atoms with van der Waals surface area (Å²) in [6.45, 7) is 2.20. The number of primary amides is 1. The van der Waals surface area contributed by atoms with Crippen molar-refractivity contribution < 1.29 is 14.0 Å². The molecule has 3 aromatic rings. The van der Waals surface area contributed by atoms with Gasteiger partial charge in [0.1, 0.15) is 5.82 Å². The number of urea groups is 1. The minimum atomic E-state index is -0.892. The van der Waals surface area contributed by atoms with E-state index in [1.54, 1.807) is 25.3 Å². The quantitative estimate of drug-likeness (QED) is 0.623. The summed E-state index contributed by atoms with van der Waals surface area (Å²) in [5, 5.41) is 2.11. The zero-order chi connectivity index (χ0) is 20.1. The number of nitrogens with zero attached hydrogens (tertiary/aromatic N) is 2. The Labute approximate surface area is 166 Å². The Morgan fingerprint density at radius 3 is 2.50 bits per heavy atom. The third kappa shape index (κ3) is 4.77. The van der Waals surface area contributed by atoms with Gasteiger partial charge in [0, 0.05) is 0 Å². The molecule has 0 bridgehead atoms. The second-order valence-corrected chi connectivity index (χ2v) is 7.43. The average molecular weight is 398 g/mol. The summed E-state index contributed by atoms with van der Waals surface area (Å²) in [5.74, 6) is -0.806. The third-order valence-electron chi connectivity index (χ3n) is 4.04. The Kier molecular flexibility index (Phi) is 6.10. The molecule has 144 valence electrons. The molecule has 3 N–H and O–H groups in total. The van der Waals surface area contributed by atoms with Crippen LogP contribution in [0.4, 0.5) is 9.18 Å². The number of aromatic nitrogens is 2. The van der Waals surface area contributed by atoms with Crippen molar-refractivity contribution in [2.24, 2.45) is 5.73 Å². The summed E-state index contributed by atoms with van der Waals surface area (Å²) < 4.78 is 15.3. The average Bonchev–Trinajstić information content (AvgIpc) is 3.05. The standard InChI is InChI=1S/C20H19FN4O2S/c1-13(18(26)24-19(22)27)28-20-23-11-17(15-7-9-16(21)10-8-15)25(20)12-14-5-3-2-4-6-14/h2-11,13H,12H2,1H3,(H3,22,24,26,27)/t13-/m0/s1. The van der Waals surface area contributed by atoms with Crippen LogP contribution >= 0.6 is 11.8 Å². The van der Waals surface area contributed by atoms with Crippen molar-refractivity contribution in [1.29, 1.82) is 0 Å². The summed E-state index contributed by atoms with van der Waals surface area (Å²) in [5.41, 5.74) is 7.68. The molecule has 0 radical (unpaired) electrons. The summed E-state index contributed by atoms with van der Waals surface area (Å²) in [7, 11) is 0. The monoisotopic (exact) mass is 398 g/mol. The fourth-order valence-electron chi connectivity index (χ4n) is 2.66. The molecule has 0 aliphatic rings. The second-order valence-electron chi connectivity index (χ2n) is 6.12. The van der Waals surface area contributed by atoms with E-state index in [9.17, 15) is 14.0 Å². The number of benzene rings is 2. The lowest BCUT2D eigenvalue weighted by Crippen LogP contribution is -2.39. The molecule has 0 unspecified atom stereocenters. The molecule has 0 saturated carbocycles. The smallest absolute Gasteiger partial charge is 0.318 e. The van der Waals surface area contributed by atoms with E-state index in [0.717, 1.165) is 16.8 Å². The van der Waals surface area contributed by atoms with E-state index in [1.807, 2.05) is 34.9 Å². The largest absolute Gasteiger partial charge is 0.351 e. The van der Waals surface area contributed by atoms with Gasteiger partial charge in [0.05, 0.1) is 23.7 Å². The Balaban J connectivity index is 1.94. The SMILES string of the molecule is C[C@H](Sc1ncc(-c2ccc(F)cc2)n1Cc1ccccc1)C(=O)NC(N)=O. The maximum Gasteiger partial charge on any atom is 0.318 e. The number of carbonyl (C=O) groups is 2. The first-order valence-corrected chi connectivity index (χ1v) is 9.44. The molecule has 2 aromatic carbocycles. The molecule has 1 atom stereocenters.